The van der Waals surface area contributed by atoms with Crippen molar-refractivity contribution in [3.8, 4) is 0 Å². The highest BCUT2D eigenvalue weighted by Crippen LogP contribution is 2.14. The van der Waals surface area contributed by atoms with Gasteiger partial charge < -0.3 is 4.74 Å². The Morgan fingerprint density at radius 2 is 1.86 bits per heavy atom. The quantitative estimate of drug-likeness (QED) is 0.610. The summed E-state index contributed by atoms with van der Waals surface area (Å²) in [5.41, 5.74) is 0. The third-order valence-electron chi connectivity index (χ3n) is 3.17. The van der Waals surface area contributed by atoms with Crippen molar-refractivity contribution in [3.05, 3.63) is 0 Å². The van der Waals surface area contributed by atoms with Crippen molar-refractivity contribution in [2.75, 3.05) is 26.3 Å². The zero-order chi connectivity index (χ0) is 10.2. The summed E-state index contributed by atoms with van der Waals surface area (Å²) in [4.78, 5) is 2.61. The molecule has 1 rings (SSSR count). The zero-order valence-electron chi connectivity index (χ0n) is 9.80. The molecule has 0 aromatic heterocycles. The average Bonchev–Trinajstić information content (AvgIpc) is 2.26. The fraction of sp³-hybridized carbons (Fsp3) is 1.00. The molecule has 2 nitrogen and oxygen atoms in total. The Morgan fingerprint density at radius 3 is 2.43 bits per heavy atom. The molecule has 0 amide bonds. The third kappa shape index (κ3) is 3.97. The van der Waals surface area contributed by atoms with Crippen LogP contribution in [0.5, 0.6) is 0 Å². The van der Waals surface area contributed by atoms with Crippen LogP contribution in [-0.4, -0.2) is 37.2 Å². The van der Waals surface area contributed by atoms with E-state index in [4.69, 9.17) is 4.74 Å². The Bertz CT molecular complexity index is 132. The van der Waals surface area contributed by atoms with Crippen LogP contribution in [0.3, 0.4) is 0 Å². The Kier molecular flexibility index (Phi) is 6.20. The van der Waals surface area contributed by atoms with Gasteiger partial charge in [-0.1, -0.05) is 33.1 Å². The van der Waals surface area contributed by atoms with Gasteiger partial charge in [0.2, 0.25) is 0 Å². The van der Waals surface area contributed by atoms with E-state index in [1.807, 2.05) is 0 Å². The molecule has 84 valence electrons. The highest BCUT2D eigenvalue weighted by atomic mass is 16.5. The molecule has 2 heteroatoms. The van der Waals surface area contributed by atoms with Gasteiger partial charge in [0, 0.05) is 19.1 Å². The van der Waals surface area contributed by atoms with Crippen LogP contribution in [-0.2, 0) is 4.74 Å². The zero-order valence-corrected chi connectivity index (χ0v) is 9.80. The number of hydrogen-bond donors (Lipinski definition) is 0. The van der Waals surface area contributed by atoms with Crippen LogP contribution in [0.25, 0.3) is 0 Å². The Morgan fingerprint density at radius 1 is 1.14 bits per heavy atom. The lowest BCUT2D eigenvalue weighted by molar-refractivity contribution is 0.0134. The number of rotatable bonds is 6. The molecule has 0 bridgehead atoms. The van der Waals surface area contributed by atoms with Crippen molar-refractivity contribution in [1.29, 1.82) is 0 Å². The van der Waals surface area contributed by atoms with Crippen molar-refractivity contribution in [2.24, 2.45) is 0 Å². The van der Waals surface area contributed by atoms with Crippen molar-refractivity contribution < 1.29 is 4.74 Å². The maximum absolute atomic E-state index is 5.38. The van der Waals surface area contributed by atoms with Gasteiger partial charge in [-0.2, -0.15) is 0 Å². The molecule has 0 radical (unpaired) electrons. The van der Waals surface area contributed by atoms with E-state index in [9.17, 15) is 0 Å². The first-order chi connectivity index (χ1) is 6.88. The Labute approximate surface area is 88.6 Å². The molecule has 1 unspecified atom stereocenters. The van der Waals surface area contributed by atoms with Gasteiger partial charge in [0.25, 0.3) is 0 Å². The summed E-state index contributed by atoms with van der Waals surface area (Å²) < 4.78 is 5.38. The summed E-state index contributed by atoms with van der Waals surface area (Å²) in [5.74, 6) is 0. The maximum Gasteiger partial charge on any atom is 0.0594 e. The summed E-state index contributed by atoms with van der Waals surface area (Å²) in [5, 5.41) is 0. The normalized spacial score (nSPS) is 21.0. The van der Waals surface area contributed by atoms with Crippen LogP contribution in [0.2, 0.25) is 0 Å². The van der Waals surface area contributed by atoms with Crippen LogP contribution in [0.1, 0.15) is 46.0 Å². The van der Waals surface area contributed by atoms with Gasteiger partial charge in [0.1, 0.15) is 0 Å². The van der Waals surface area contributed by atoms with Crippen molar-refractivity contribution in [3.63, 3.8) is 0 Å². The van der Waals surface area contributed by atoms with Gasteiger partial charge in [-0.15, -0.1) is 0 Å². The minimum absolute atomic E-state index is 0.811. The van der Waals surface area contributed by atoms with E-state index in [0.29, 0.717) is 0 Å². The molecule has 0 spiro atoms. The minimum atomic E-state index is 0.811. The summed E-state index contributed by atoms with van der Waals surface area (Å²) in [6, 6.07) is 0.811. The van der Waals surface area contributed by atoms with Gasteiger partial charge in [-0.25, -0.2) is 0 Å². The molecule has 1 fully saturated rings. The number of unbranched alkanes of at least 4 members (excludes halogenated alkanes) is 2. The lowest BCUT2D eigenvalue weighted by Crippen LogP contribution is -2.43. The predicted molar refractivity (Wildman–Crippen MR) is 60.6 cm³/mol. The Balaban J connectivity index is 2.21. The smallest absolute Gasteiger partial charge is 0.0594 e. The molecule has 1 heterocycles. The van der Waals surface area contributed by atoms with Crippen molar-refractivity contribution in [1.82, 2.24) is 4.90 Å². The van der Waals surface area contributed by atoms with Gasteiger partial charge in [0.15, 0.2) is 0 Å². The molecule has 0 N–H and O–H groups in total. The molecule has 1 aliphatic rings. The van der Waals surface area contributed by atoms with E-state index >= 15 is 0 Å². The molecule has 1 aliphatic heterocycles. The second-order valence-corrected chi connectivity index (χ2v) is 4.21. The molecule has 14 heavy (non-hydrogen) atoms. The number of morpholine rings is 1. The molecule has 0 saturated carbocycles. The van der Waals surface area contributed by atoms with Gasteiger partial charge in [-0.05, 0) is 12.8 Å². The van der Waals surface area contributed by atoms with Gasteiger partial charge in [0.05, 0.1) is 13.2 Å². The monoisotopic (exact) mass is 199 g/mol. The van der Waals surface area contributed by atoms with Crippen molar-refractivity contribution in [2.45, 2.75) is 52.0 Å². The van der Waals surface area contributed by atoms with Crippen LogP contribution in [0, 0.1) is 0 Å². The first kappa shape index (κ1) is 12.0. The Hall–Kier alpha value is -0.0800. The largest absolute Gasteiger partial charge is 0.379 e. The molecule has 0 aliphatic carbocycles. The number of nitrogens with zero attached hydrogens (tertiary/aromatic N) is 1. The van der Waals surface area contributed by atoms with Crippen LogP contribution < -0.4 is 0 Å². The molecule has 0 aromatic rings. The first-order valence-corrected chi connectivity index (χ1v) is 6.20. The van der Waals surface area contributed by atoms with Crippen LogP contribution in [0.4, 0.5) is 0 Å². The lowest BCUT2D eigenvalue weighted by atomic mass is 10.0. The summed E-state index contributed by atoms with van der Waals surface area (Å²) in [7, 11) is 0. The maximum atomic E-state index is 5.38. The summed E-state index contributed by atoms with van der Waals surface area (Å²) in [6.07, 6.45) is 6.79. The predicted octanol–water partition coefficient (Wildman–Crippen LogP) is 2.68. The topological polar surface area (TPSA) is 12.5 Å². The fourth-order valence-electron chi connectivity index (χ4n) is 2.22. The molecule has 1 saturated heterocycles. The number of ether oxygens (including phenoxy) is 1. The molecular formula is C12H25NO. The second kappa shape index (κ2) is 7.24. The fourth-order valence-corrected chi connectivity index (χ4v) is 2.22. The summed E-state index contributed by atoms with van der Waals surface area (Å²) in [6.45, 7) is 8.74. The second-order valence-electron chi connectivity index (χ2n) is 4.21. The van der Waals surface area contributed by atoms with E-state index in [2.05, 4.69) is 18.7 Å². The first-order valence-electron chi connectivity index (χ1n) is 6.20. The van der Waals surface area contributed by atoms with Gasteiger partial charge in [-0.3, -0.25) is 4.90 Å². The van der Waals surface area contributed by atoms with Crippen molar-refractivity contribution >= 4 is 0 Å². The molecule has 1 atom stereocenters. The third-order valence-corrected chi connectivity index (χ3v) is 3.17. The van der Waals surface area contributed by atoms with Gasteiger partial charge >= 0.3 is 0 Å². The standard InChI is InChI=1S/C12H25NO/c1-3-5-6-7-12(4-2)13-8-10-14-11-9-13/h12H,3-11H2,1-2H3. The van der Waals surface area contributed by atoms with E-state index in [-0.39, 0.29) is 0 Å². The van der Waals surface area contributed by atoms with Crippen LogP contribution in [0.15, 0.2) is 0 Å². The SMILES string of the molecule is CCCCCC(CC)N1CCOCC1. The number of hydrogen-bond acceptors (Lipinski definition) is 2. The van der Waals surface area contributed by atoms with E-state index < -0.39 is 0 Å². The van der Waals surface area contributed by atoms with Crippen LogP contribution >= 0.6 is 0 Å². The highest BCUT2D eigenvalue weighted by Gasteiger charge is 2.18. The average molecular weight is 199 g/mol. The lowest BCUT2D eigenvalue weighted by Gasteiger charge is -2.34. The summed E-state index contributed by atoms with van der Waals surface area (Å²) >= 11 is 0. The molecular weight excluding hydrogens is 174 g/mol. The van der Waals surface area contributed by atoms with E-state index in [1.54, 1.807) is 0 Å². The minimum Gasteiger partial charge on any atom is -0.379 e. The highest BCUT2D eigenvalue weighted by molar-refractivity contribution is 4.72. The van der Waals surface area contributed by atoms with E-state index in [0.717, 1.165) is 32.3 Å². The van der Waals surface area contributed by atoms with E-state index in [1.165, 1.54) is 32.1 Å². The molecule has 0 aromatic carbocycles.